The van der Waals surface area contributed by atoms with Crippen LogP contribution >= 0.6 is 0 Å². The normalized spacial score (nSPS) is 44.4. The first-order chi connectivity index (χ1) is 12.1. The Kier molecular flexibility index (Phi) is 4.19. The van der Waals surface area contributed by atoms with Crippen LogP contribution in [0.25, 0.3) is 0 Å². The molecule has 0 aromatic heterocycles. The lowest BCUT2D eigenvalue weighted by atomic mass is 9.84. The highest BCUT2D eigenvalue weighted by molar-refractivity contribution is 5.68. The number of rotatable bonds is 5. The minimum Gasteiger partial charge on any atom is -0.453 e. The number of alkyl carbamates (subject to hydrolysis) is 1. The topological polar surface area (TPSA) is 50.8 Å². The molecule has 1 amide bonds. The Hall–Kier alpha value is -1.33. The lowest BCUT2D eigenvalue weighted by Gasteiger charge is -2.32. The predicted octanol–water partition coefficient (Wildman–Crippen LogP) is 2.59. The standard InChI is InChI=1S/C20H30N2O3/c1-14-16(21-18(23)25-3)19(10-13-22-11-6-7-12-22)15-8-4-5-9-20(15,19)17(14)24-2/h4-5,8-9,14-17H,6-7,10-13H2,1-3H3,(H,21,23)/t14-,15+,16-,17+,19?,20+/m1/s1. The molecule has 4 rings (SSSR count). The predicted molar refractivity (Wildman–Crippen MR) is 96.2 cm³/mol. The second-order valence-corrected chi connectivity index (χ2v) is 8.12. The SMILES string of the molecule is COC(=O)N[C@@H]1[C@@H](C)[C@H](OC)[C@]23C=CC=C[C@H]2C13CCN1CCCC1. The van der Waals surface area contributed by atoms with E-state index in [1.165, 1.54) is 33.0 Å². The van der Waals surface area contributed by atoms with Gasteiger partial charge in [-0.2, -0.15) is 0 Å². The summed E-state index contributed by atoms with van der Waals surface area (Å²) in [4.78, 5) is 14.6. The number of carbonyl (C=O) groups is 1. The van der Waals surface area contributed by atoms with Crippen molar-refractivity contribution in [2.75, 3.05) is 33.9 Å². The molecule has 4 aliphatic rings. The van der Waals surface area contributed by atoms with E-state index in [-0.39, 0.29) is 35.0 Å². The monoisotopic (exact) mass is 346 g/mol. The van der Waals surface area contributed by atoms with Crippen molar-refractivity contribution in [2.24, 2.45) is 22.7 Å². The highest BCUT2D eigenvalue weighted by atomic mass is 16.5. The van der Waals surface area contributed by atoms with Gasteiger partial charge in [-0.1, -0.05) is 31.2 Å². The number of likely N-dealkylation sites (tertiary alicyclic amines) is 1. The van der Waals surface area contributed by atoms with Crippen LogP contribution < -0.4 is 5.32 Å². The van der Waals surface area contributed by atoms with E-state index in [1.807, 2.05) is 7.11 Å². The highest BCUT2D eigenvalue weighted by Gasteiger charge is 2.85. The number of methoxy groups -OCH3 is 2. The number of amides is 1. The Labute approximate surface area is 150 Å². The summed E-state index contributed by atoms with van der Waals surface area (Å²) in [7, 11) is 3.25. The van der Waals surface area contributed by atoms with Crippen LogP contribution in [0, 0.1) is 22.7 Å². The summed E-state index contributed by atoms with van der Waals surface area (Å²) in [6, 6.07) is 0.0740. The summed E-state index contributed by atoms with van der Waals surface area (Å²) in [5, 5.41) is 3.17. The molecule has 0 aromatic rings. The van der Waals surface area contributed by atoms with Gasteiger partial charge in [0.05, 0.1) is 13.2 Å². The number of allylic oxidation sites excluding steroid dienone is 3. The largest absolute Gasteiger partial charge is 0.453 e. The third-order valence-electron chi connectivity index (χ3n) is 7.36. The summed E-state index contributed by atoms with van der Waals surface area (Å²) in [6.45, 7) is 5.72. The van der Waals surface area contributed by atoms with Crippen LogP contribution in [0.3, 0.4) is 0 Å². The van der Waals surface area contributed by atoms with Crippen LogP contribution in [0.2, 0.25) is 0 Å². The minimum atomic E-state index is -0.332. The van der Waals surface area contributed by atoms with Crippen molar-refractivity contribution in [3.05, 3.63) is 24.3 Å². The molecule has 1 heterocycles. The Morgan fingerprint density at radius 3 is 2.72 bits per heavy atom. The highest BCUT2D eigenvalue weighted by Crippen LogP contribution is 2.82. The molecule has 5 heteroatoms. The third-order valence-corrected chi connectivity index (χ3v) is 7.36. The second-order valence-electron chi connectivity index (χ2n) is 8.12. The molecule has 1 unspecified atom stereocenters. The van der Waals surface area contributed by atoms with Gasteiger partial charge in [-0.3, -0.25) is 0 Å². The van der Waals surface area contributed by atoms with Crippen molar-refractivity contribution in [3.8, 4) is 0 Å². The van der Waals surface area contributed by atoms with Crippen molar-refractivity contribution < 1.29 is 14.3 Å². The molecule has 25 heavy (non-hydrogen) atoms. The molecule has 2 saturated carbocycles. The Balaban J connectivity index is 1.66. The van der Waals surface area contributed by atoms with E-state index in [0.29, 0.717) is 5.92 Å². The molecular weight excluding hydrogens is 316 g/mol. The molecule has 3 aliphatic carbocycles. The fourth-order valence-electron chi connectivity index (χ4n) is 6.43. The molecule has 1 saturated heterocycles. The van der Waals surface area contributed by atoms with Gasteiger partial charge in [0.15, 0.2) is 0 Å². The molecule has 138 valence electrons. The number of fused-ring (bicyclic) bond motifs is 1. The smallest absolute Gasteiger partial charge is 0.407 e. The summed E-state index contributed by atoms with van der Waals surface area (Å²) in [5.41, 5.74) is 0.0503. The zero-order valence-electron chi connectivity index (χ0n) is 15.5. The zero-order valence-corrected chi connectivity index (χ0v) is 15.5. The van der Waals surface area contributed by atoms with Crippen molar-refractivity contribution in [2.45, 2.75) is 38.3 Å². The molecule has 0 radical (unpaired) electrons. The van der Waals surface area contributed by atoms with Crippen LogP contribution in [0.15, 0.2) is 24.3 Å². The van der Waals surface area contributed by atoms with E-state index in [2.05, 4.69) is 41.4 Å². The number of hydrogen-bond donors (Lipinski definition) is 1. The third kappa shape index (κ3) is 2.18. The van der Waals surface area contributed by atoms with Crippen LogP contribution in [0.4, 0.5) is 4.79 Å². The molecule has 5 nitrogen and oxygen atoms in total. The Bertz CT molecular complexity index is 598. The second kappa shape index (κ2) is 6.13. The first kappa shape index (κ1) is 17.1. The summed E-state index contributed by atoms with van der Waals surface area (Å²) in [6.07, 6.45) is 12.5. The van der Waals surface area contributed by atoms with E-state index in [9.17, 15) is 4.79 Å². The number of ether oxygens (including phenoxy) is 2. The van der Waals surface area contributed by atoms with E-state index in [4.69, 9.17) is 9.47 Å². The fourth-order valence-corrected chi connectivity index (χ4v) is 6.43. The van der Waals surface area contributed by atoms with Crippen LogP contribution in [0.5, 0.6) is 0 Å². The van der Waals surface area contributed by atoms with E-state index in [1.54, 1.807) is 0 Å². The lowest BCUT2D eigenvalue weighted by Crippen LogP contribution is -2.47. The maximum absolute atomic E-state index is 12.1. The van der Waals surface area contributed by atoms with Crippen LogP contribution in [-0.4, -0.2) is 57.0 Å². The van der Waals surface area contributed by atoms with Crippen molar-refractivity contribution in [1.29, 1.82) is 0 Å². The van der Waals surface area contributed by atoms with Gasteiger partial charge in [0.25, 0.3) is 0 Å². The van der Waals surface area contributed by atoms with E-state index in [0.717, 1.165) is 13.0 Å². The van der Waals surface area contributed by atoms with Gasteiger partial charge in [0.2, 0.25) is 0 Å². The molecule has 6 atom stereocenters. The van der Waals surface area contributed by atoms with Gasteiger partial charge < -0.3 is 19.7 Å². The molecule has 1 N–H and O–H groups in total. The Morgan fingerprint density at radius 1 is 1.28 bits per heavy atom. The van der Waals surface area contributed by atoms with Gasteiger partial charge in [0, 0.05) is 29.9 Å². The molecule has 1 spiro atoms. The zero-order chi connectivity index (χ0) is 17.7. The molecule has 0 bridgehead atoms. The molecule has 1 aliphatic heterocycles. The van der Waals surface area contributed by atoms with Crippen molar-refractivity contribution >= 4 is 6.09 Å². The van der Waals surface area contributed by atoms with Gasteiger partial charge in [-0.15, -0.1) is 0 Å². The van der Waals surface area contributed by atoms with Gasteiger partial charge in [-0.05, 0) is 44.8 Å². The maximum Gasteiger partial charge on any atom is 0.407 e. The van der Waals surface area contributed by atoms with E-state index < -0.39 is 0 Å². The Morgan fingerprint density at radius 2 is 2.04 bits per heavy atom. The summed E-state index contributed by atoms with van der Waals surface area (Å²) >= 11 is 0. The number of hydrogen-bond acceptors (Lipinski definition) is 4. The molecular formula is C20H30N2O3. The molecule has 3 fully saturated rings. The fraction of sp³-hybridized carbons (Fsp3) is 0.750. The molecule has 0 aromatic carbocycles. The average molecular weight is 346 g/mol. The van der Waals surface area contributed by atoms with Gasteiger partial charge >= 0.3 is 6.09 Å². The van der Waals surface area contributed by atoms with E-state index >= 15 is 0 Å². The van der Waals surface area contributed by atoms with Crippen LogP contribution in [0.1, 0.15) is 26.2 Å². The number of nitrogens with zero attached hydrogens (tertiary/aromatic N) is 1. The first-order valence-corrected chi connectivity index (χ1v) is 9.57. The summed E-state index contributed by atoms with van der Waals surface area (Å²) < 4.78 is 10.9. The van der Waals surface area contributed by atoms with Crippen molar-refractivity contribution in [3.63, 3.8) is 0 Å². The minimum absolute atomic E-state index is 0.0152. The quantitative estimate of drug-likeness (QED) is 0.831. The average Bonchev–Trinajstić information content (AvgIpc) is 2.90. The van der Waals surface area contributed by atoms with Gasteiger partial charge in [-0.25, -0.2) is 4.79 Å². The van der Waals surface area contributed by atoms with Crippen molar-refractivity contribution in [1.82, 2.24) is 10.2 Å². The number of nitrogens with one attached hydrogen (secondary N) is 1. The van der Waals surface area contributed by atoms with Crippen LogP contribution in [-0.2, 0) is 9.47 Å². The number of carbonyl (C=O) groups excluding carboxylic acids is 1. The first-order valence-electron chi connectivity index (χ1n) is 9.57. The summed E-state index contributed by atoms with van der Waals surface area (Å²) in [5.74, 6) is 0.700. The maximum atomic E-state index is 12.1. The lowest BCUT2D eigenvalue weighted by molar-refractivity contribution is 0.0253. The van der Waals surface area contributed by atoms with Gasteiger partial charge in [0.1, 0.15) is 0 Å².